The molecule has 5 N–H and O–H groups in total. The number of nitrogen functional groups attached to an aromatic ring is 1. The zero-order valence-electron chi connectivity index (χ0n) is 10.8. The van der Waals surface area contributed by atoms with Crippen molar-refractivity contribution in [1.29, 1.82) is 0 Å². The zero-order chi connectivity index (χ0) is 13.2. The van der Waals surface area contributed by atoms with E-state index < -0.39 is 5.91 Å². The molecule has 0 unspecified atom stereocenters. The third-order valence-electron chi connectivity index (χ3n) is 4.16. The average Bonchev–Trinajstić information content (AvgIpc) is 2.30. The summed E-state index contributed by atoms with van der Waals surface area (Å²) in [6, 6.07) is 5.11. The highest BCUT2D eigenvalue weighted by atomic mass is 16.1. The highest BCUT2D eigenvalue weighted by Gasteiger charge is 2.34. The second kappa shape index (κ2) is 4.88. The first kappa shape index (κ1) is 12.7. The Morgan fingerprint density at radius 3 is 2.67 bits per heavy atom. The van der Waals surface area contributed by atoms with E-state index in [1.54, 1.807) is 18.2 Å². The number of carbonyl (C=O) groups excluding carboxylic acids is 1. The fourth-order valence-corrected chi connectivity index (χ4v) is 2.48. The molecule has 2 rings (SSSR count). The smallest absolute Gasteiger partial charge is 0.248 e. The predicted octanol–water partition coefficient (Wildman–Crippen LogP) is 2.36. The van der Waals surface area contributed by atoms with E-state index in [9.17, 15) is 4.79 Å². The first-order valence-electron chi connectivity index (χ1n) is 6.49. The van der Waals surface area contributed by atoms with Crippen LogP contribution in [0.2, 0.25) is 0 Å². The molecule has 1 amide bonds. The molecule has 18 heavy (non-hydrogen) atoms. The first-order valence-corrected chi connectivity index (χ1v) is 6.49. The molecule has 0 radical (unpaired) electrons. The van der Waals surface area contributed by atoms with Gasteiger partial charge in [-0.1, -0.05) is 13.3 Å². The lowest BCUT2D eigenvalue weighted by Crippen LogP contribution is -2.36. The second-order valence-electron chi connectivity index (χ2n) is 5.23. The van der Waals surface area contributed by atoms with E-state index in [1.807, 2.05) is 0 Å². The average molecular weight is 247 g/mol. The van der Waals surface area contributed by atoms with Crippen molar-refractivity contribution in [1.82, 2.24) is 0 Å². The third-order valence-corrected chi connectivity index (χ3v) is 4.16. The Labute approximate surface area is 108 Å². The number of benzene rings is 1. The van der Waals surface area contributed by atoms with Gasteiger partial charge in [-0.15, -0.1) is 0 Å². The maximum absolute atomic E-state index is 11.1. The van der Waals surface area contributed by atoms with E-state index in [0.29, 0.717) is 16.7 Å². The van der Waals surface area contributed by atoms with E-state index in [-0.39, 0.29) is 0 Å². The fraction of sp³-hybridized carbons (Fsp3) is 0.500. The van der Waals surface area contributed by atoms with Crippen molar-refractivity contribution < 1.29 is 4.79 Å². The zero-order valence-corrected chi connectivity index (χ0v) is 10.8. The topological polar surface area (TPSA) is 81.1 Å². The van der Waals surface area contributed by atoms with Gasteiger partial charge in [0.25, 0.3) is 0 Å². The van der Waals surface area contributed by atoms with Gasteiger partial charge in [0, 0.05) is 12.1 Å². The summed E-state index contributed by atoms with van der Waals surface area (Å²) in [5.74, 6) is -0.424. The largest absolute Gasteiger partial charge is 0.397 e. The molecule has 4 heteroatoms. The van der Waals surface area contributed by atoms with Crippen LogP contribution in [0.1, 0.15) is 43.0 Å². The minimum Gasteiger partial charge on any atom is -0.397 e. The van der Waals surface area contributed by atoms with Crippen molar-refractivity contribution >= 4 is 17.3 Å². The van der Waals surface area contributed by atoms with Gasteiger partial charge < -0.3 is 16.8 Å². The Morgan fingerprint density at radius 2 is 2.17 bits per heavy atom. The van der Waals surface area contributed by atoms with Gasteiger partial charge in [0.05, 0.1) is 11.4 Å². The predicted molar refractivity (Wildman–Crippen MR) is 74.4 cm³/mol. The van der Waals surface area contributed by atoms with Crippen LogP contribution < -0.4 is 16.8 Å². The summed E-state index contributed by atoms with van der Waals surface area (Å²) in [6.45, 7) is 3.14. The van der Waals surface area contributed by atoms with Crippen molar-refractivity contribution in [2.45, 2.75) is 32.6 Å². The SMILES string of the molecule is CCC1(CNc2cc(C(N)=O)ccc2N)CCC1. The van der Waals surface area contributed by atoms with Gasteiger partial charge in [0.15, 0.2) is 0 Å². The van der Waals surface area contributed by atoms with Crippen LogP contribution in [-0.2, 0) is 0 Å². The molecule has 0 spiro atoms. The monoisotopic (exact) mass is 247 g/mol. The van der Waals surface area contributed by atoms with Gasteiger partial charge in [0.2, 0.25) is 5.91 Å². The van der Waals surface area contributed by atoms with Crippen LogP contribution in [-0.4, -0.2) is 12.5 Å². The third kappa shape index (κ3) is 2.42. The molecule has 1 aromatic rings. The van der Waals surface area contributed by atoms with Crippen molar-refractivity contribution in [2.75, 3.05) is 17.6 Å². The number of carbonyl (C=O) groups is 1. The van der Waals surface area contributed by atoms with E-state index in [1.165, 1.54) is 25.7 Å². The lowest BCUT2D eigenvalue weighted by Gasteiger charge is -2.41. The maximum Gasteiger partial charge on any atom is 0.248 e. The van der Waals surface area contributed by atoms with Gasteiger partial charge >= 0.3 is 0 Å². The number of hydrogen-bond acceptors (Lipinski definition) is 3. The van der Waals surface area contributed by atoms with E-state index >= 15 is 0 Å². The van der Waals surface area contributed by atoms with E-state index in [0.717, 1.165) is 12.2 Å². The number of hydrogen-bond donors (Lipinski definition) is 3. The summed E-state index contributed by atoms with van der Waals surface area (Å²) in [7, 11) is 0. The number of amides is 1. The van der Waals surface area contributed by atoms with Crippen LogP contribution in [0.5, 0.6) is 0 Å². The molecule has 4 nitrogen and oxygen atoms in total. The summed E-state index contributed by atoms with van der Waals surface area (Å²) in [5, 5.41) is 3.37. The summed E-state index contributed by atoms with van der Waals surface area (Å²) in [6.07, 6.45) is 5.03. The Kier molecular flexibility index (Phi) is 3.45. The molecular formula is C14H21N3O. The van der Waals surface area contributed by atoms with E-state index in [4.69, 9.17) is 11.5 Å². The van der Waals surface area contributed by atoms with Crippen molar-refractivity contribution in [3.8, 4) is 0 Å². The standard InChI is InChI=1S/C14H21N3O/c1-2-14(6-3-7-14)9-17-12-8-10(13(16)18)4-5-11(12)15/h4-5,8,17H,2-3,6-7,9,15H2,1H3,(H2,16,18). The fourth-order valence-electron chi connectivity index (χ4n) is 2.48. The number of nitrogens with one attached hydrogen (secondary N) is 1. The van der Waals surface area contributed by atoms with Crippen LogP contribution in [0.3, 0.4) is 0 Å². The molecule has 0 heterocycles. The molecule has 1 aromatic carbocycles. The Balaban J connectivity index is 2.08. The molecule has 1 aliphatic rings. The van der Waals surface area contributed by atoms with Crippen LogP contribution in [0.25, 0.3) is 0 Å². The molecule has 0 aromatic heterocycles. The summed E-state index contributed by atoms with van der Waals surface area (Å²) < 4.78 is 0. The molecule has 1 saturated carbocycles. The number of anilines is 2. The van der Waals surface area contributed by atoms with Crippen LogP contribution in [0, 0.1) is 5.41 Å². The second-order valence-corrected chi connectivity index (χ2v) is 5.23. The minimum absolute atomic E-state index is 0.412. The van der Waals surface area contributed by atoms with Crippen molar-refractivity contribution in [3.63, 3.8) is 0 Å². The molecule has 0 bridgehead atoms. The summed E-state index contributed by atoms with van der Waals surface area (Å²) >= 11 is 0. The quantitative estimate of drug-likeness (QED) is 0.699. The molecule has 98 valence electrons. The number of nitrogens with two attached hydrogens (primary N) is 2. The van der Waals surface area contributed by atoms with Gasteiger partial charge in [-0.25, -0.2) is 0 Å². The van der Waals surface area contributed by atoms with Crippen LogP contribution in [0.4, 0.5) is 11.4 Å². The molecule has 0 atom stereocenters. The highest BCUT2D eigenvalue weighted by Crippen LogP contribution is 2.43. The Morgan fingerprint density at radius 1 is 1.44 bits per heavy atom. The van der Waals surface area contributed by atoms with Gasteiger partial charge in [-0.05, 0) is 42.9 Å². The normalized spacial score (nSPS) is 16.9. The van der Waals surface area contributed by atoms with Gasteiger partial charge in [0.1, 0.15) is 0 Å². The molecular weight excluding hydrogens is 226 g/mol. The van der Waals surface area contributed by atoms with Crippen LogP contribution in [0.15, 0.2) is 18.2 Å². The molecule has 1 aliphatic carbocycles. The molecule has 0 aliphatic heterocycles. The molecule has 1 fully saturated rings. The van der Waals surface area contributed by atoms with Gasteiger partial charge in [-0.3, -0.25) is 4.79 Å². The van der Waals surface area contributed by atoms with Crippen molar-refractivity contribution in [2.24, 2.45) is 11.1 Å². The summed E-state index contributed by atoms with van der Waals surface area (Å²) in [4.78, 5) is 11.1. The molecule has 0 saturated heterocycles. The number of primary amides is 1. The van der Waals surface area contributed by atoms with E-state index in [2.05, 4.69) is 12.2 Å². The Bertz CT molecular complexity index is 447. The summed E-state index contributed by atoms with van der Waals surface area (Å²) in [5.41, 5.74) is 13.5. The minimum atomic E-state index is -0.424. The van der Waals surface area contributed by atoms with Crippen molar-refractivity contribution in [3.05, 3.63) is 23.8 Å². The maximum atomic E-state index is 11.1. The first-order chi connectivity index (χ1) is 8.56. The highest BCUT2D eigenvalue weighted by molar-refractivity contribution is 5.94. The lowest BCUT2D eigenvalue weighted by atomic mass is 9.67. The van der Waals surface area contributed by atoms with Crippen LogP contribution >= 0.6 is 0 Å². The lowest BCUT2D eigenvalue weighted by molar-refractivity contribution is 0.100. The Hall–Kier alpha value is -1.71. The number of rotatable bonds is 5. The van der Waals surface area contributed by atoms with Gasteiger partial charge in [-0.2, -0.15) is 0 Å².